The summed E-state index contributed by atoms with van der Waals surface area (Å²) in [5, 5.41) is 11.8. The Morgan fingerprint density at radius 1 is 1.24 bits per heavy atom. The lowest BCUT2D eigenvalue weighted by atomic mass is 10.3. The van der Waals surface area contributed by atoms with Crippen molar-refractivity contribution in [1.29, 1.82) is 0 Å². The van der Waals surface area contributed by atoms with E-state index in [1.165, 1.54) is 0 Å². The van der Waals surface area contributed by atoms with E-state index in [1.807, 2.05) is 4.68 Å². The quantitative estimate of drug-likeness (QED) is 0.628. The summed E-state index contributed by atoms with van der Waals surface area (Å²) in [4.78, 5) is 2.37. The molecule has 0 unspecified atom stereocenters. The van der Waals surface area contributed by atoms with E-state index >= 15 is 0 Å². The summed E-state index contributed by atoms with van der Waals surface area (Å²) in [6.45, 7) is 9.12. The zero-order valence-electron chi connectivity index (χ0n) is 11.0. The van der Waals surface area contributed by atoms with E-state index in [9.17, 15) is 0 Å². The molecule has 0 fully saturated rings. The van der Waals surface area contributed by atoms with Gasteiger partial charge < -0.3 is 10.6 Å². The predicted octanol–water partition coefficient (Wildman–Crippen LogP) is 0.296. The zero-order chi connectivity index (χ0) is 12.5. The molecule has 1 rings (SSSR count). The molecule has 98 valence electrons. The maximum atomic E-state index is 5.47. The molecule has 0 aliphatic carbocycles. The maximum absolute atomic E-state index is 5.47. The second-order valence-electron chi connectivity index (χ2n) is 4.09. The van der Waals surface area contributed by atoms with Crippen molar-refractivity contribution in [2.45, 2.75) is 39.7 Å². The molecule has 1 aromatic heterocycles. The minimum absolute atomic E-state index is 0.733. The number of aromatic nitrogens is 4. The van der Waals surface area contributed by atoms with E-state index in [0.717, 1.165) is 57.8 Å². The normalized spacial score (nSPS) is 11.3. The number of aryl methyl sites for hydroxylation is 1. The molecule has 1 aromatic rings. The fraction of sp³-hybridized carbons (Fsp3) is 0.909. The van der Waals surface area contributed by atoms with Gasteiger partial charge >= 0.3 is 0 Å². The highest BCUT2D eigenvalue weighted by Gasteiger charge is 2.07. The largest absolute Gasteiger partial charge is 0.330 e. The number of hydrogen-bond donors (Lipinski definition) is 1. The molecule has 0 saturated carbocycles. The van der Waals surface area contributed by atoms with E-state index in [-0.39, 0.29) is 0 Å². The van der Waals surface area contributed by atoms with Crippen LogP contribution in [0.25, 0.3) is 0 Å². The van der Waals surface area contributed by atoms with Gasteiger partial charge in [-0.15, -0.1) is 5.10 Å². The number of unbranched alkanes of at least 4 members (excludes halogenated alkanes) is 1. The summed E-state index contributed by atoms with van der Waals surface area (Å²) in [5.74, 6) is 0.980. The van der Waals surface area contributed by atoms with Crippen LogP contribution in [-0.4, -0.2) is 51.3 Å². The molecule has 1 heterocycles. The molecule has 17 heavy (non-hydrogen) atoms. The maximum Gasteiger partial charge on any atom is 0.152 e. The average molecular weight is 240 g/mol. The van der Waals surface area contributed by atoms with Gasteiger partial charge in [0.15, 0.2) is 5.82 Å². The highest BCUT2D eigenvalue weighted by Crippen LogP contribution is 1.99. The molecule has 6 heteroatoms. The van der Waals surface area contributed by atoms with Crippen molar-refractivity contribution >= 4 is 0 Å². The Hall–Kier alpha value is -1.01. The second kappa shape index (κ2) is 8.14. The van der Waals surface area contributed by atoms with Gasteiger partial charge in [-0.2, -0.15) is 0 Å². The van der Waals surface area contributed by atoms with E-state index in [2.05, 4.69) is 34.3 Å². The number of tetrazole rings is 1. The molecular weight excluding hydrogens is 216 g/mol. The van der Waals surface area contributed by atoms with Gasteiger partial charge in [0.25, 0.3) is 0 Å². The van der Waals surface area contributed by atoms with Crippen LogP contribution in [0.3, 0.4) is 0 Å². The Morgan fingerprint density at radius 3 is 2.65 bits per heavy atom. The van der Waals surface area contributed by atoms with Gasteiger partial charge in [-0.05, 0) is 42.9 Å². The number of hydrogen-bond acceptors (Lipinski definition) is 5. The van der Waals surface area contributed by atoms with Gasteiger partial charge in [0, 0.05) is 19.5 Å². The van der Waals surface area contributed by atoms with Crippen LogP contribution < -0.4 is 5.73 Å². The van der Waals surface area contributed by atoms with Gasteiger partial charge in [-0.3, -0.25) is 0 Å². The molecule has 0 spiro atoms. The van der Waals surface area contributed by atoms with Gasteiger partial charge in [0.1, 0.15) is 0 Å². The topological polar surface area (TPSA) is 72.9 Å². The van der Waals surface area contributed by atoms with E-state index in [1.54, 1.807) is 0 Å². The number of rotatable bonds is 9. The van der Waals surface area contributed by atoms with Crippen molar-refractivity contribution < 1.29 is 0 Å². The molecule has 2 N–H and O–H groups in total. The van der Waals surface area contributed by atoms with Crippen LogP contribution in [0.1, 0.15) is 32.5 Å². The lowest BCUT2D eigenvalue weighted by molar-refractivity contribution is 0.303. The van der Waals surface area contributed by atoms with Crippen molar-refractivity contribution in [2.24, 2.45) is 5.73 Å². The molecule has 0 bridgehead atoms. The predicted molar refractivity (Wildman–Crippen MR) is 67.6 cm³/mol. The van der Waals surface area contributed by atoms with Crippen LogP contribution in [-0.2, 0) is 13.0 Å². The van der Waals surface area contributed by atoms with Crippen molar-refractivity contribution in [2.75, 3.05) is 26.2 Å². The third kappa shape index (κ3) is 4.79. The number of nitrogens with two attached hydrogens (primary N) is 1. The first-order chi connectivity index (χ1) is 8.31. The Balaban J connectivity index is 2.39. The van der Waals surface area contributed by atoms with Crippen LogP contribution in [0, 0.1) is 0 Å². The van der Waals surface area contributed by atoms with Gasteiger partial charge in [0.05, 0.1) is 0 Å². The minimum atomic E-state index is 0.733. The van der Waals surface area contributed by atoms with Gasteiger partial charge in [0.2, 0.25) is 0 Å². The van der Waals surface area contributed by atoms with Crippen molar-refractivity contribution in [3.63, 3.8) is 0 Å². The summed E-state index contributed by atoms with van der Waals surface area (Å²) in [7, 11) is 0. The third-order valence-electron chi connectivity index (χ3n) is 2.98. The zero-order valence-corrected chi connectivity index (χ0v) is 11.0. The van der Waals surface area contributed by atoms with E-state index < -0.39 is 0 Å². The van der Waals surface area contributed by atoms with Crippen LogP contribution in [0.2, 0.25) is 0 Å². The lowest BCUT2D eigenvalue weighted by Crippen LogP contribution is -2.26. The van der Waals surface area contributed by atoms with Crippen LogP contribution in [0.4, 0.5) is 0 Å². The summed E-state index contributed by atoms with van der Waals surface area (Å²) >= 11 is 0. The third-order valence-corrected chi connectivity index (χ3v) is 2.98. The van der Waals surface area contributed by atoms with Crippen molar-refractivity contribution in [1.82, 2.24) is 25.1 Å². The molecule has 0 aliphatic rings. The Labute approximate surface area is 103 Å². The fourth-order valence-electron chi connectivity index (χ4n) is 1.78. The Bertz CT molecular complexity index is 294. The SMILES string of the molecule is CCN(CC)CCc1nnnn1CCCCN. The average Bonchev–Trinajstić information content (AvgIpc) is 2.79. The monoisotopic (exact) mass is 240 g/mol. The standard InChI is InChI=1S/C11H24N6/c1-3-16(4-2)10-7-11-13-14-15-17(11)9-6-5-8-12/h3-10,12H2,1-2H3. The summed E-state index contributed by atoms with van der Waals surface area (Å²) in [6.07, 6.45) is 2.98. The molecule has 0 atom stereocenters. The van der Waals surface area contributed by atoms with Crippen LogP contribution >= 0.6 is 0 Å². The Morgan fingerprint density at radius 2 is 2.00 bits per heavy atom. The first-order valence-electron chi connectivity index (χ1n) is 6.49. The van der Waals surface area contributed by atoms with E-state index in [0.29, 0.717) is 0 Å². The lowest BCUT2D eigenvalue weighted by Gasteiger charge is -2.17. The fourth-order valence-corrected chi connectivity index (χ4v) is 1.78. The smallest absolute Gasteiger partial charge is 0.152 e. The number of nitrogens with zero attached hydrogens (tertiary/aromatic N) is 5. The van der Waals surface area contributed by atoms with Gasteiger partial charge in [-0.1, -0.05) is 13.8 Å². The van der Waals surface area contributed by atoms with Crippen LogP contribution in [0.15, 0.2) is 0 Å². The first-order valence-corrected chi connectivity index (χ1v) is 6.49. The summed E-state index contributed by atoms with van der Waals surface area (Å²) in [6, 6.07) is 0. The molecule has 0 aliphatic heterocycles. The van der Waals surface area contributed by atoms with Crippen LogP contribution in [0.5, 0.6) is 0 Å². The molecule has 0 radical (unpaired) electrons. The molecule has 0 saturated heterocycles. The van der Waals surface area contributed by atoms with E-state index in [4.69, 9.17) is 5.73 Å². The summed E-state index contributed by atoms with van der Waals surface area (Å²) in [5.41, 5.74) is 5.47. The Kier molecular flexibility index (Phi) is 6.73. The van der Waals surface area contributed by atoms with Gasteiger partial charge in [-0.25, -0.2) is 4.68 Å². The van der Waals surface area contributed by atoms with Crippen molar-refractivity contribution in [3.05, 3.63) is 5.82 Å². The highest BCUT2D eigenvalue weighted by atomic mass is 15.5. The second-order valence-corrected chi connectivity index (χ2v) is 4.09. The molecular formula is C11H24N6. The number of likely N-dealkylation sites (N-methyl/N-ethyl adjacent to an activating group) is 1. The minimum Gasteiger partial charge on any atom is -0.330 e. The molecule has 6 nitrogen and oxygen atoms in total. The summed E-state index contributed by atoms with van der Waals surface area (Å²) < 4.78 is 1.90. The van der Waals surface area contributed by atoms with Crippen molar-refractivity contribution in [3.8, 4) is 0 Å². The molecule has 0 aromatic carbocycles. The highest BCUT2D eigenvalue weighted by molar-refractivity contribution is 4.82. The molecule has 0 amide bonds. The first kappa shape index (κ1) is 14.1.